The second kappa shape index (κ2) is 24.9. The summed E-state index contributed by atoms with van der Waals surface area (Å²) in [6.07, 6.45) is 21.4. The Labute approximate surface area is 377 Å². The van der Waals surface area contributed by atoms with Crippen LogP contribution in [0.25, 0.3) is 0 Å². The van der Waals surface area contributed by atoms with Crippen molar-refractivity contribution in [3.8, 4) is 11.5 Å². The van der Waals surface area contributed by atoms with Crippen molar-refractivity contribution in [2.45, 2.75) is 167 Å². The van der Waals surface area contributed by atoms with Crippen LogP contribution in [0.3, 0.4) is 0 Å². The number of carbonyl (C=O) groups is 1. The van der Waals surface area contributed by atoms with Gasteiger partial charge in [-0.3, -0.25) is 4.79 Å². The lowest BCUT2D eigenvalue weighted by Gasteiger charge is -2.60. The van der Waals surface area contributed by atoms with Crippen LogP contribution in [-0.2, 0) is 20.9 Å². The highest BCUT2D eigenvalue weighted by molar-refractivity contribution is 6.03. The average Bonchev–Trinajstić information content (AvgIpc) is 3.27. The van der Waals surface area contributed by atoms with Crippen molar-refractivity contribution in [1.82, 2.24) is 4.90 Å². The van der Waals surface area contributed by atoms with Gasteiger partial charge in [0, 0.05) is 44.1 Å². The molecule has 6 atom stereocenters. The highest BCUT2D eigenvalue weighted by atomic mass is 19.1. The number of aliphatic hydroxyl groups is 2. The van der Waals surface area contributed by atoms with E-state index < -0.39 is 23.3 Å². The highest BCUT2D eigenvalue weighted by Gasteiger charge is 2.65. The fraction of sp³-hybridized carbons (Fsp3) is 0.623. The summed E-state index contributed by atoms with van der Waals surface area (Å²) in [5, 5.41) is 24.9. The fourth-order valence-corrected chi connectivity index (χ4v) is 9.97. The first-order chi connectivity index (χ1) is 30.5. The van der Waals surface area contributed by atoms with Gasteiger partial charge in [0.15, 0.2) is 0 Å². The summed E-state index contributed by atoms with van der Waals surface area (Å²) in [4.78, 5) is 23.3. The molecule has 1 amide bonds. The Balaban J connectivity index is 1.69. The maximum Gasteiger partial charge on any atom is 0.239 e. The Kier molecular flexibility index (Phi) is 19.8. The number of oxime groups is 1. The molecule has 1 fully saturated rings. The summed E-state index contributed by atoms with van der Waals surface area (Å²) in [5.74, 6) is -0.810. The Bertz CT molecular complexity index is 1800. The number of hydrogen-bond donors (Lipinski definition) is 2. The van der Waals surface area contributed by atoms with E-state index in [1.165, 1.54) is 44.2 Å². The topological polar surface area (TPSA) is 110 Å². The van der Waals surface area contributed by atoms with Gasteiger partial charge in [-0.25, -0.2) is 4.39 Å². The molecular formula is C53H77FN2O7. The zero-order valence-corrected chi connectivity index (χ0v) is 38.8. The molecule has 10 heteroatoms. The number of fused-ring (bicyclic) bond motifs is 2. The summed E-state index contributed by atoms with van der Waals surface area (Å²) in [5.41, 5.74) is 2.93. The predicted molar refractivity (Wildman–Crippen MR) is 250 cm³/mol. The maximum absolute atomic E-state index is 15.1. The van der Waals surface area contributed by atoms with Gasteiger partial charge in [-0.05, 0) is 106 Å². The Hall–Kier alpha value is -3.99. The molecule has 2 aliphatic carbocycles. The van der Waals surface area contributed by atoms with Crippen molar-refractivity contribution in [3.05, 3.63) is 96.4 Å². The van der Waals surface area contributed by atoms with E-state index in [1.54, 1.807) is 24.3 Å². The molecule has 0 radical (unpaired) electrons. The van der Waals surface area contributed by atoms with Gasteiger partial charge in [0.05, 0.1) is 18.2 Å². The summed E-state index contributed by atoms with van der Waals surface area (Å²) >= 11 is 0. The van der Waals surface area contributed by atoms with Crippen molar-refractivity contribution in [2.24, 2.45) is 22.9 Å². The van der Waals surface area contributed by atoms with Gasteiger partial charge in [-0.1, -0.05) is 113 Å². The Morgan fingerprint density at radius 2 is 1.57 bits per heavy atom. The number of carbonyl (C=O) groups excluding carboxylic acids is 1. The Morgan fingerprint density at radius 3 is 2.22 bits per heavy atom. The van der Waals surface area contributed by atoms with Crippen LogP contribution < -0.4 is 9.47 Å². The molecule has 2 N–H and O–H groups in total. The van der Waals surface area contributed by atoms with Crippen molar-refractivity contribution in [2.75, 3.05) is 26.4 Å². The smallest absolute Gasteiger partial charge is 0.239 e. The number of unbranched alkanes of at least 4 members (excludes halogenated alkanes) is 10. The second-order valence-electron chi connectivity index (χ2n) is 18.8. The fourth-order valence-electron chi connectivity index (χ4n) is 9.97. The number of benzene rings is 2. The third kappa shape index (κ3) is 13.5. The largest absolute Gasteiger partial charge is 0.490 e. The van der Waals surface area contributed by atoms with Crippen LogP contribution in [0.15, 0.2) is 84.6 Å². The molecule has 2 aromatic carbocycles. The second-order valence-corrected chi connectivity index (χ2v) is 18.8. The first kappa shape index (κ1) is 50.0. The van der Waals surface area contributed by atoms with Gasteiger partial charge >= 0.3 is 0 Å². The van der Waals surface area contributed by atoms with Crippen LogP contribution >= 0.6 is 0 Å². The van der Waals surface area contributed by atoms with E-state index in [2.05, 4.69) is 32.2 Å². The normalized spacial score (nSPS) is 23.3. The molecule has 0 bridgehead atoms. The van der Waals surface area contributed by atoms with Crippen LogP contribution in [0.4, 0.5) is 4.39 Å². The van der Waals surface area contributed by atoms with Crippen LogP contribution in [0.2, 0.25) is 0 Å². The SMILES string of the molecule is C=CCOc1ccc2c(c1)[C@H]1[C@H](CCCCO)[C@@H](CCCCO)C=C3C(=NOC(C)(C)C)C[C@H](N(Cc4ccc(F)cc4)C(=O)CCCCCCCCCCC)[C@@](OCC=C)(O2)[C@H]31. The standard InChI is InChI=1S/C53H77FN2O7/c1-7-10-11-12-13-14-15-16-17-24-49(59)56(38-39-25-27-41(54)28-26-39)48-37-46(55-63-52(4,5)6)44-35-40(22-18-20-31-57)43(23-19-21-32-58)50-45-36-42(60-33-8-2)29-30-47(45)62-53(48,51(44)50)61-34-9-3/h8-9,25-30,35-36,40,43,48,50-51,57-58H,2-3,7,10-24,31-34,37-38H2,1,4-6H3/t40-,43+,48-,50+,51+,53+/m0/s1. The molecule has 9 nitrogen and oxygen atoms in total. The van der Waals surface area contributed by atoms with Crippen LogP contribution in [0.5, 0.6) is 11.5 Å². The minimum absolute atomic E-state index is 0.0197. The van der Waals surface area contributed by atoms with E-state index in [4.69, 9.17) is 24.2 Å². The van der Waals surface area contributed by atoms with E-state index in [1.807, 2.05) is 37.8 Å². The van der Waals surface area contributed by atoms with E-state index in [0.29, 0.717) is 43.8 Å². The van der Waals surface area contributed by atoms with Crippen molar-refractivity contribution >= 4 is 11.6 Å². The van der Waals surface area contributed by atoms with Crippen LogP contribution in [0.1, 0.15) is 154 Å². The molecule has 0 unspecified atom stereocenters. The van der Waals surface area contributed by atoms with Crippen LogP contribution in [0, 0.1) is 23.6 Å². The number of ether oxygens (including phenoxy) is 3. The molecule has 2 aromatic rings. The van der Waals surface area contributed by atoms with Crippen molar-refractivity contribution in [3.63, 3.8) is 0 Å². The van der Waals surface area contributed by atoms with E-state index >= 15 is 4.79 Å². The zero-order valence-electron chi connectivity index (χ0n) is 38.8. The molecule has 1 saturated carbocycles. The number of rotatable bonds is 28. The van der Waals surface area contributed by atoms with Gasteiger partial charge in [0.2, 0.25) is 11.7 Å². The van der Waals surface area contributed by atoms with Gasteiger partial charge in [0.1, 0.15) is 35.6 Å². The molecule has 1 aliphatic heterocycles. The predicted octanol–water partition coefficient (Wildman–Crippen LogP) is 11.8. The number of aliphatic hydroxyl groups excluding tert-OH is 2. The van der Waals surface area contributed by atoms with Gasteiger partial charge in [-0.2, -0.15) is 0 Å². The molecule has 1 heterocycles. The molecule has 3 aliphatic rings. The van der Waals surface area contributed by atoms with Gasteiger partial charge in [0.25, 0.3) is 0 Å². The first-order valence-electron chi connectivity index (χ1n) is 24.0. The maximum atomic E-state index is 15.1. The molecular weight excluding hydrogens is 796 g/mol. The van der Waals surface area contributed by atoms with E-state index in [0.717, 1.165) is 73.8 Å². The average molecular weight is 873 g/mol. The number of amides is 1. The molecule has 0 spiro atoms. The number of allylic oxidation sites excluding steroid dienone is 1. The molecule has 5 rings (SSSR count). The first-order valence-corrected chi connectivity index (χ1v) is 24.0. The van der Waals surface area contributed by atoms with E-state index in [9.17, 15) is 14.6 Å². The van der Waals surface area contributed by atoms with E-state index in [-0.39, 0.29) is 55.8 Å². The van der Waals surface area contributed by atoms with Crippen molar-refractivity contribution in [1.29, 1.82) is 0 Å². The minimum Gasteiger partial charge on any atom is -0.490 e. The lowest BCUT2D eigenvalue weighted by molar-refractivity contribution is -0.258. The summed E-state index contributed by atoms with van der Waals surface area (Å²) in [6, 6.07) is 11.7. The third-order valence-electron chi connectivity index (χ3n) is 12.9. The number of halogens is 1. The number of nitrogens with zero attached hydrogens (tertiary/aromatic N) is 2. The van der Waals surface area contributed by atoms with Crippen molar-refractivity contribution < 1.29 is 38.4 Å². The quantitative estimate of drug-likeness (QED) is 0.0498. The molecule has 348 valence electrons. The number of hydrogen-bond acceptors (Lipinski definition) is 8. The minimum atomic E-state index is -1.39. The lowest BCUT2D eigenvalue weighted by atomic mass is 9.55. The van der Waals surface area contributed by atoms with Gasteiger partial charge in [-0.15, -0.1) is 6.58 Å². The lowest BCUT2D eigenvalue weighted by Crippen LogP contribution is -2.70. The van der Waals surface area contributed by atoms with Gasteiger partial charge < -0.3 is 34.2 Å². The summed E-state index contributed by atoms with van der Waals surface area (Å²) < 4.78 is 35.1. The summed E-state index contributed by atoms with van der Waals surface area (Å²) in [7, 11) is 0. The monoisotopic (exact) mass is 873 g/mol. The van der Waals surface area contributed by atoms with Crippen LogP contribution in [-0.4, -0.2) is 70.6 Å². The summed E-state index contributed by atoms with van der Waals surface area (Å²) in [6.45, 7) is 17.0. The molecule has 0 saturated heterocycles. The Morgan fingerprint density at radius 1 is 0.905 bits per heavy atom. The zero-order chi connectivity index (χ0) is 45.2. The third-order valence-corrected chi connectivity index (χ3v) is 12.9. The highest BCUT2D eigenvalue weighted by Crippen LogP contribution is 2.62. The molecule has 63 heavy (non-hydrogen) atoms. The molecule has 0 aromatic heterocycles.